The molecule has 1 unspecified atom stereocenters. The van der Waals surface area contributed by atoms with Crippen molar-refractivity contribution in [3.05, 3.63) is 0 Å². The lowest BCUT2D eigenvalue weighted by Crippen LogP contribution is -2.43. The third-order valence-electron chi connectivity index (χ3n) is 3.88. The van der Waals surface area contributed by atoms with Crippen LogP contribution in [0.1, 0.15) is 40.5 Å². The van der Waals surface area contributed by atoms with Crippen molar-refractivity contribution in [1.82, 2.24) is 15.1 Å². The Kier molecular flexibility index (Phi) is 6.78. The molecule has 0 amide bonds. The molecule has 0 saturated carbocycles. The number of hydrogen-bond donors (Lipinski definition) is 1. The third kappa shape index (κ3) is 7.91. The minimum Gasteiger partial charge on any atom is -0.312 e. The van der Waals surface area contributed by atoms with E-state index in [1.165, 1.54) is 39.0 Å². The molecule has 0 spiro atoms. The van der Waals surface area contributed by atoms with Gasteiger partial charge in [-0.2, -0.15) is 0 Å². The summed E-state index contributed by atoms with van der Waals surface area (Å²) in [7, 11) is 4.37. The first-order valence-corrected chi connectivity index (χ1v) is 7.88. The molecule has 1 atom stereocenters. The molecular weight excluding hydrogens is 234 g/mol. The Labute approximate surface area is 120 Å². The summed E-state index contributed by atoms with van der Waals surface area (Å²) in [5.74, 6) is 1.65. The Balaban J connectivity index is 2.18. The van der Waals surface area contributed by atoms with Crippen LogP contribution < -0.4 is 5.32 Å². The predicted molar refractivity (Wildman–Crippen MR) is 84.6 cm³/mol. The van der Waals surface area contributed by atoms with Crippen molar-refractivity contribution in [2.24, 2.45) is 11.8 Å². The van der Waals surface area contributed by atoms with Gasteiger partial charge in [0.25, 0.3) is 0 Å². The van der Waals surface area contributed by atoms with Gasteiger partial charge in [0.15, 0.2) is 0 Å². The Morgan fingerprint density at radius 2 is 1.79 bits per heavy atom. The van der Waals surface area contributed by atoms with E-state index in [1.807, 2.05) is 0 Å². The Bertz CT molecular complexity index is 237. The van der Waals surface area contributed by atoms with Crippen molar-refractivity contribution < 1.29 is 0 Å². The lowest BCUT2D eigenvalue weighted by atomic mass is 9.95. The number of hydrogen-bond acceptors (Lipinski definition) is 3. The van der Waals surface area contributed by atoms with E-state index < -0.39 is 0 Å². The first kappa shape index (κ1) is 16.9. The Morgan fingerprint density at radius 3 is 2.26 bits per heavy atom. The zero-order chi connectivity index (χ0) is 14.5. The normalized spacial score (nSPS) is 21.0. The summed E-state index contributed by atoms with van der Waals surface area (Å²) in [6.45, 7) is 15.3. The van der Waals surface area contributed by atoms with Crippen molar-refractivity contribution in [2.75, 3.05) is 46.8 Å². The number of nitrogens with zero attached hydrogens (tertiary/aromatic N) is 2. The summed E-state index contributed by atoms with van der Waals surface area (Å²) in [6.07, 6.45) is 2.75. The Hall–Kier alpha value is -0.120. The SMILES string of the molecule is CC(CNC(C)(C)C)CN1CCC(CN(C)C)CC1. The minimum atomic E-state index is 0.243. The van der Waals surface area contributed by atoms with E-state index in [9.17, 15) is 0 Å². The van der Waals surface area contributed by atoms with E-state index in [4.69, 9.17) is 0 Å². The van der Waals surface area contributed by atoms with Gasteiger partial charge in [-0.15, -0.1) is 0 Å². The largest absolute Gasteiger partial charge is 0.312 e. The number of likely N-dealkylation sites (tertiary alicyclic amines) is 1. The molecule has 19 heavy (non-hydrogen) atoms. The smallest absolute Gasteiger partial charge is 0.00966 e. The van der Waals surface area contributed by atoms with Gasteiger partial charge < -0.3 is 15.1 Å². The summed E-state index contributed by atoms with van der Waals surface area (Å²) in [6, 6.07) is 0. The summed E-state index contributed by atoms with van der Waals surface area (Å²) in [4.78, 5) is 4.98. The molecule has 1 heterocycles. The standard InChI is InChI=1S/C16H35N3/c1-14(11-17-16(2,3)4)12-19-9-7-15(8-10-19)13-18(5)6/h14-15,17H,7-13H2,1-6H3. The lowest BCUT2D eigenvalue weighted by Gasteiger charge is -2.35. The molecule has 0 aromatic carbocycles. The first-order chi connectivity index (χ1) is 8.76. The average Bonchev–Trinajstić information content (AvgIpc) is 2.28. The van der Waals surface area contributed by atoms with Gasteiger partial charge in [0.05, 0.1) is 0 Å². The van der Waals surface area contributed by atoms with Crippen LogP contribution in [0.15, 0.2) is 0 Å². The van der Waals surface area contributed by atoms with Crippen LogP contribution in [0.2, 0.25) is 0 Å². The summed E-state index contributed by atoms with van der Waals surface area (Å²) >= 11 is 0. The second-order valence-corrected chi connectivity index (χ2v) is 7.74. The van der Waals surface area contributed by atoms with Gasteiger partial charge in [-0.05, 0) is 79.2 Å². The molecule has 1 aliphatic heterocycles. The van der Waals surface area contributed by atoms with Crippen LogP contribution in [-0.4, -0.2) is 62.2 Å². The predicted octanol–water partition coefficient (Wildman–Crippen LogP) is 2.28. The van der Waals surface area contributed by atoms with E-state index >= 15 is 0 Å². The highest BCUT2D eigenvalue weighted by atomic mass is 15.1. The van der Waals surface area contributed by atoms with E-state index in [0.717, 1.165) is 18.4 Å². The Morgan fingerprint density at radius 1 is 1.21 bits per heavy atom. The molecule has 1 saturated heterocycles. The summed E-state index contributed by atoms with van der Waals surface area (Å²) in [5.41, 5.74) is 0.243. The van der Waals surface area contributed by atoms with Crippen molar-refractivity contribution in [1.29, 1.82) is 0 Å². The minimum absolute atomic E-state index is 0.243. The lowest BCUT2D eigenvalue weighted by molar-refractivity contribution is 0.145. The van der Waals surface area contributed by atoms with E-state index in [-0.39, 0.29) is 5.54 Å². The van der Waals surface area contributed by atoms with Crippen molar-refractivity contribution in [2.45, 2.75) is 46.1 Å². The number of piperidine rings is 1. The van der Waals surface area contributed by atoms with Crippen molar-refractivity contribution >= 4 is 0 Å². The quantitative estimate of drug-likeness (QED) is 0.798. The van der Waals surface area contributed by atoms with Crippen LogP contribution in [-0.2, 0) is 0 Å². The fraction of sp³-hybridized carbons (Fsp3) is 1.00. The molecule has 0 bridgehead atoms. The molecule has 1 rings (SSSR count). The van der Waals surface area contributed by atoms with E-state index in [0.29, 0.717) is 0 Å². The van der Waals surface area contributed by atoms with Gasteiger partial charge in [0.1, 0.15) is 0 Å². The molecule has 1 fully saturated rings. The van der Waals surface area contributed by atoms with Gasteiger partial charge in [0.2, 0.25) is 0 Å². The number of nitrogens with one attached hydrogen (secondary N) is 1. The zero-order valence-corrected chi connectivity index (χ0v) is 14.0. The zero-order valence-electron chi connectivity index (χ0n) is 14.0. The van der Waals surface area contributed by atoms with Crippen LogP contribution in [0.3, 0.4) is 0 Å². The second-order valence-electron chi connectivity index (χ2n) is 7.74. The molecule has 0 aliphatic carbocycles. The van der Waals surface area contributed by atoms with Crippen LogP contribution in [0.4, 0.5) is 0 Å². The molecule has 0 radical (unpaired) electrons. The van der Waals surface area contributed by atoms with E-state index in [1.54, 1.807) is 0 Å². The number of rotatable bonds is 6. The molecule has 1 aliphatic rings. The maximum atomic E-state index is 3.61. The van der Waals surface area contributed by atoms with Gasteiger partial charge in [-0.25, -0.2) is 0 Å². The second kappa shape index (κ2) is 7.61. The fourth-order valence-corrected chi connectivity index (χ4v) is 2.85. The molecule has 114 valence electrons. The molecule has 1 N–H and O–H groups in total. The first-order valence-electron chi connectivity index (χ1n) is 7.88. The maximum absolute atomic E-state index is 3.61. The molecular formula is C16H35N3. The molecule has 3 heteroatoms. The highest BCUT2D eigenvalue weighted by Crippen LogP contribution is 2.18. The van der Waals surface area contributed by atoms with Crippen molar-refractivity contribution in [3.63, 3.8) is 0 Å². The fourth-order valence-electron chi connectivity index (χ4n) is 2.85. The average molecular weight is 269 g/mol. The van der Waals surface area contributed by atoms with Crippen LogP contribution >= 0.6 is 0 Å². The maximum Gasteiger partial charge on any atom is 0.00966 e. The monoisotopic (exact) mass is 269 g/mol. The molecule has 0 aromatic heterocycles. The third-order valence-corrected chi connectivity index (χ3v) is 3.88. The van der Waals surface area contributed by atoms with Crippen LogP contribution in [0, 0.1) is 11.8 Å². The van der Waals surface area contributed by atoms with E-state index in [2.05, 4.69) is 56.9 Å². The van der Waals surface area contributed by atoms with Crippen LogP contribution in [0.25, 0.3) is 0 Å². The summed E-state index contributed by atoms with van der Waals surface area (Å²) < 4.78 is 0. The van der Waals surface area contributed by atoms with Gasteiger partial charge >= 0.3 is 0 Å². The molecule has 0 aromatic rings. The van der Waals surface area contributed by atoms with Crippen LogP contribution in [0.5, 0.6) is 0 Å². The van der Waals surface area contributed by atoms with Gasteiger partial charge in [0, 0.05) is 18.6 Å². The highest BCUT2D eigenvalue weighted by Gasteiger charge is 2.21. The molecule has 3 nitrogen and oxygen atoms in total. The topological polar surface area (TPSA) is 18.5 Å². The van der Waals surface area contributed by atoms with Gasteiger partial charge in [-0.3, -0.25) is 0 Å². The van der Waals surface area contributed by atoms with Gasteiger partial charge in [-0.1, -0.05) is 6.92 Å². The highest BCUT2D eigenvalue weighted by molar-refractivity contribution is 4.77. The summed E-state index contributed by atoms with van der Waals surface area (Å²) in [5, 5.41) is 3.61. The van der Waals surface area contributed by atoms with Crippen molar-refractivity contribution in [3.8, 4) is 0 Å².